The van der Waals surface area contributed by atoms with Crippen LogP contribution < -0.4 is 14.8 Å². The molecule has 2 heterocycles. The fraction of sp³-hybridized carbons (Fsp3) is 0.273. The van der Waals surface area contributed by atoms with E-state index in [1.807, 2.05) is 0 Å². The van der Waals surface area contributed by atoms with Crippen molar-refractivity contribution in [2.24, 2.45) is 0 Å². The van der Waals surface area contributed by atoms with E-state index in [-0.39, 0.29) is 19.7 Å². The molecule has 35 heavy (non-hydrogen) atoms. The number of ether oxygens (including phenoxy) is 1. The van der Waals surface area contributed by atoms with Gasteiger partial charge in [0.05, 0.1) is 21.0 Å². The summed E-state index contributed by atoms with van der Waals surface area (Å²) in [6.07, 6.45) is -4.22. The highest BCUT2D eigenvalue weighted by Crippen LogP contribution is 2.40. The second-order valence-corrected chi connectivity index (χ2v) is 13.0. The van der Waals surface area contributed by atoms with E-state index < -0.39 is 43.0 Å². The number of thiophene rings is 1. The Morgan fingerprint density at radius 2 is 1.74 bits per heavy atom. The lowest BCUT2D eigenvalue weighted by Crippen LogP contribution is -2.35. The number of sulfonamides is 1. The van der Waals surface area contributed by atoms with Gasteiger partial charge in [0.15, 0.2) is 0 Å². The third-order valence-electron chi connectivity index (χ3n) is 5.41. The van der Waals surface area contributed by atoms with Crippen molar-refractivity contribution in [1.82, 2.24) is 5.32 Å². The highest BCUT2D eigenvalue weighted by atomic mass is 32.2. The molecule has 1 aliphatic heterocycles. The van der Waals surface area contributed by atoms with E-state index >= 15 is 0 Å². The van der Waals surface area contributed by atoms with Crippen LogP contribution >= 0.6 is 11.3 Å². The van der Waals surface area contributed by atoms with E-state index in [0.717, 1.165) is 24.3 Å². The van der Waals surface area contributed by atoms with E-state index in [1.54, 1.807) is 25.1 Å². The number of benzene rings is 2. The van der Waals surface area contributed by atoms with Crippen molar-refractivity contribution in [2.75, 3.05) is 17.8 Å². The second kappa shape index (κ2) is 9.12. The largest absolute Gasteiger partial charge is 0.485 e. The van der Waals surface area contributed by atoms with Crippen molar-refractivity contribution in [3.8, 4) is 5.75 Å². The normalized spacial score (nSPS) is 19.0. The van der Waals surface area contributed by atoms with Gasteiger partial charge in [0, 0.05) is 24.4 Å². The molecule has 1 aromatic heterocycles. The second-order valence-electron chi connectivity index (χ2n) is 8.21. The monoisotopic (exact) mass is 546 g/mol. The standard InChI is InChI=1S/C22H21F3N2O5S3/c1-21(9-10-26-14-21)32-19-11-15(7-8-18(19)22(23,24)25)27-35(30,31)20-12-17(13-33-20)34(28,29)16-5-3-2-4-6-16/h2-8,11-13,26-27H,9-10,14H2,1H3/t21-/m1/s1. The Bertz CT molecular complexity index is 1430. The zero-order chi connectivity index (χ0) is 25.5. The summed E-state index contributed by atoms with van der Waals surface area (Å²) in [7, 11) is -8.22. The smallest absolute Gasteiger partial charge is 0.419 e. The molecule has 0 aliphatic carbocycles. The number of nitrogens with one attached hydrogen (secondary N) is 2. The first-order valence-electron chi connectivity index (χ1n) is 10.3. The predicted octanol–water partition coefficient (Wildman–Crippen LogP) is 4.53. The maximum atomic E-state index is 13.5. The van der Waals surface area contributed by atoms with Crippen molar-refractivity contribution >= 4 is 36.9 Å². The van der Waals surface area contributed by atoms with Crippen molar-refractivity contribution in [1.29, 1.82) is 0 Å². The Hall–Kier alpha value is -2.61. The van der Waals surface area contributed by atoms with Gasteiger partial charge in [-0.1, -0.05) is 18.2 Å². The lowest BCUT2D eigenvalue weighted by molar-refractivity contribution is -0.139. The van der Waals surface area contributed by atoms with Gasteiger partial charge in [0.25, 0.3) is 10.0 Å². The third kappa shape index (κ3) is 5.47. The van der Waals surface area contributed by atoms with Crippen LogP contribution in [0, 0.1) is 0 Å². The number of hydrogen-bond acceptors (Lipinski definition) is 7. The van der Waals surface area contributed by atoms with Crippen molar-refractivity contribution < 1.29 is 34.7 Å². The molecule has 0 radical (unpaired) electrons. The Morgan fingerprint density at radius 3 is 2.37 bits per heavy atom. The molecule has 4 rings (SSSR count). The number of alkyl halides is 3. The molecule has 0 amide bonds. The fourth-order valence-corrected chi connectivity index (χ4v) is 7.53. The average Bonchev–Trinajstić information content (AvgIpc) is 3.44. The zero-order valence-electron chi connectivity index (χ0n) is 18.3. The van der Waals surface area contributed by atoms with Crippen LogP contribution in [-0.4, -0.2) is 35.5 Å². The van der Waals surface area contributed by atoms with Crippen LogP contribution in [0.3, 0.4) is 0 Å². The summed E-state index contributed by atoms with van der Waals surface area (Å²) in [6, 6.07) is 11.3. The van der Waals surface area contributed by atoms with Crippen LogP contribution in [0.1, 0.15) is 18.9 Å². The maximum absolute atomic E-state index is 13.5. The molecule has 1 fully saturated rings. The predicted molar refractivity (Wildman–Crippen MR) is 125 cm³/mol. The van der Waals surface area contributed by atoms with E-state index in [4.69, 9.17) is 4.74 Å². The summed E-state index contributed by atoms with van der Waals surface area (Å²) in [6.45, 7) is 2.59. The van der Waals surface area contributed by atoms with Gasteiger partial charge in [0.1, 0.15) is 15.6 Å². The first-order chi connectivity index (χ1) is 16.3. The summed E-state index contributed by atoms with van der Waals surface area (Å²) in [5, 5.41) is 4.23. The van der Waals surface area contributed by atoms with Crippen molar-refractivity contribution in [3.05, 3.63) is 65.5 Å². The van der Waals surface area contributed by atoms with Gasteiger partial charge in [-0.05, 0) is 43.8 Å². The number of rotatable bonds is 7. The Balaban J connectivity index is 1.63. The molecule has 188 valence electrons. The van der Waals surface area contributed by atoms with Crippen LogP contribution in [0.15, 0.2) is 74.0 Å². The van der Waals surface area contributed by atoms with Gasteiger partial charge in [-0.25, -0.2) is 16.8 Å². The van der Waals surface area contributed by atoms with Crippen LogP contribution in [0.5, 0.6) is 5.75 Å². The molecular formula is C22H21F3N2O5S3. The van der Waals surface area contributed by atoms with Gasteiger partial charge in [-0.15, -0.1) is 11.3 Å². The molecule has 1 atom stereocenters. The minimum absolute atomic E-state index is 0.00846. The van der Waals surface area contributed by atoms with Gasteiger partial charge in [0.2, 0.25) is 9.84 Å². The Morgan fingerprint density at radius 1 is 1.03 bits per heavy atom. The number of halogens is 3. The minimum atomic E-state index is -4.70. The number of hydrogen-bond donors (Lipinski definition) is 2. The summed E-state index contributed by atoms with van der Waals surface area (Å²) >= 11 is 0.685. The third-order valence-corrected chi connectivity index (χ3v) is 10.1. The van der Waals surface area contributed by atoms with E-state index in [0.29, 0.717) is 30.8 Å². The van der Waals surface area contributed by atoms with Gasteiger partial charge < -0.3 is 10.1 Å². The van der Waals surface area contributed by atoms with Crippen LogP contribution in [0.25, 0.3) is 0 Å². The van der Waals surface area contributed by atoms with E-state index in [1.165, 1.54) is 17.5 Å². The first kappa shape index (κ1) is 25.5. The lowest BCUT2D eigenvalue weighted by Gasteiger charge is -2.27. The molecule has 2 N–H and O–H groups in total. The van der Waals surface area contributed by atoms with E-state index in [2.05, 4.69) is 10.0 Å². The van der Waals surface area contributed by atoms with Crippen LogP contribution in [-0.2, 0) is 26.0 Å². The maximum Gasteiger partial charge on any atom is 0.419 e. The van der Waals surface area contributed by atoms with Crippen LogP contribution in [0.2, 0.25) is 0 Å². The highest BCUT2D eigenvalue weighted by molar-refractivity contribution is 7.95. The molecule has 0 spiro atoms. The summed E-state index contributed by atoms with van der Waals surface area (Å²) in [5.41, 5.74) is -2.06. The topological polar surface area (TPSA) is 102 Å². The van der Waals surface area contributed by atoms with Gasteiger partial charge >= 0.3 is 6.18 Å². The molecule has 2 aromatic carbocycles. The molecular weight excluding hydrogens is 525 g/mol. The Labute approximate surface area is 204 Å². The van der Waals surface area contributed by atoms with Crippen LogP contribution in [0.4, 0.5) is 18.9 Å². The van der Waals surface area contributed by atoms with Crippen molar-refractivity contribution in [3.63, 3.8) is 0 Å². The molecule has 0 bridgehead atoms. The SMILES string of the molecule is C[C@@]1(Oc2cc(NS(=O)(=O)c3cc(S(=O)(=O)c4ccccc4)cs3)ccc2C(F)(F)F)CCNC1. The summed E-state index contributed by atoms with van der Waals surface area (Å²) in [4.78, 5) is -0.193. The first-order valence-corrected chi connectivity index (χ1v) is 14.2. The zero-order valence-corrected chi connectivity index (χ0v) is 20.7. The number of anilines is 1. The molecule has 0 unspecified atom stereocenters. The average molecular weight is 547 g/mol. The van der Waals surface area contributed by atoms with Gasteiger partial charge in [-0.2, -0.15) is 13.2 Å². The molecule has 3 aromatic rings. The summed E-state index contributed by atoms with van der Waals surface area (Å²) in [5.74, 6) is -0.498. The molecule has 1 aliphatic rings. The molecule has 13 heteroatoms. The number of sulfone groups is 1. The minimum Gasteiger partial charge on any atom is -0.485 e. The Kier molecular flexibility index (Phi) is 6.64. The lowest BCUT2D eigenvalue weighted by atomic mass is 10.1. The quantitative estimate of drug-likeness (QED) is 0.452. The summed E-state index contributed by atoms with van der Waals surface area (Å²) < 4.78 is 99.6. The molecule has 0 saturated carbocycles. The fourth-order valence-electron chi connectivity index (χ4n) is 3.57. The van der Waals surface area contributed by atoms with Gasteiger partial charge in [-0.3, -0.25) is 4.72 Å². The highest BCUT2D eigenvalue weighted by Gasteiger charge is 2.38. The molecule has 1 saturated heterocycles. The van der Waals surface area contributed by atoms with E-state index in [9.17, 15) is 30.0 Å². The molecule has 7 nitrogen and oxygen atoms in total. The van der Waals surface area contributed by atoms with Crippen molar-refractivity contribution in [2.45, 2.75) is 39.1 Å².